The Kier molecular flexibility index (Phi) is 4.28. The molecule has 0 radical (unpaired) electrons. The first-order valence-electron chi connectivity index (χ1n) is 8.39. The van der Waals surface area contributed by atoms with Crippen molar-refractivity contribution in [2.45, 2.75) is 18.9 Å². The molecule has 2 aromatic rings. The van der Waals surface area contributed by atoms with E-state index in [9.17, 15) is 9.59 Å². The van der Waals surface area contributed by atoms with E-state index in [0.29, 0.717) is 18.7 Å². The molecule has 0 saturated heterocycles. The van der Waals surface area contributed by atoms with Gasteiger partial charge >= 0.3 is 6.03 Å². The molecule has 2 N–H and O–H groups in total. The Morgan fingerprint density at radius 2 is 1.96 bits per heavy atom. The highest BCUT2D eigenvalue weighted by molar-refractivity contribution is 7.10. The van der Waals surface area contributed by atoms with Gasteiger partial charge in [-0.1, -0.05) is 36.4 Å². The van der Waals surface area contributed by atoms with Crippen LogP contribution in [0.5, 0.6) is 0 Å². The Balaban J connectivity index is 1.45. The molecule has 0 spiro atoms. The summed E-state index contributed by atoms with van der Waals surface area (Å²) in [5.41, 5.74) is 2.70. The molecule has 5 nitrogen and oxygen atoms in total. The van der Waals surface area contributed by atoms with Crippen molar-refractivity contribution in [3.8, 4) is 0 Å². The SMILES string of the molecule is O=C1NC2=C(C(=O)N(CCCc3ccccc3)C2)[C@@H](c2cccs2)N1. The first kappa shape index (κ1) is 15.9. The number of carbonyl (C=O) groups is 2. The van der Waals surface area contributed by atoms with Crippen LogP contribution in [0.1, 0.15) is 22.9 Å². The molecule has 3 amide bonds. The molecular weight excluding hydrogens is 334 g/mol. The lowest BCUT2D eigenvalue weighted by Gasteiger charge is -2.24. The van der Waals surface area contributed by atoms with Crippen LogP contribution in [-0.4, -0.2) is 29.9 Å². The van der Waals surface area contributed by atoms with E-state index in [0.717, 1.165) is 23.4 Å². The molecule has 25 heavy (non-hydrogen) atoms. The van der Waals surface area contributed by atoms with Crippen LogP contribution in [-0.2, 0) is 11.2 Å². The number of benzene rings is 1. The molecule has 1 aromatic heterocycles. The van der Waals surface area contributed by atoms with Gasteiger partial charge in [-0.25, -0.2) is 4.79 Å². The maximum absolute atomic E-state index is 12.9. The Morgan fingerprint density at radius 3 is 2.72 bits per heavy atom. The third kappa shape index (κ3) is 3.17. The standard InChI is InChI=1S/C19H19N3O2S/c23-18-16-14(20-19(24)21-17(16)15-9-5-11-25-15)12-22(18)10-4-8-13-6-2-1-3-7-13/h1-3,5-7,9,11,17H,4,8,10,12H2,(H2,20,21,24)/t17-/m1/s1. The lowest BCUT2D eigenvalue weighted by atomic mass is 10.0. The molecular formula is C19H19N3O2S. The number of amides is 3. The summed E-state index contributed by atoms with van der Waals surface area (Å²) in [4.78, 5) is 27.6. The van der Waals surface area contributed by atoms with Crippen LogP contribution in [0.15, 0.2) is 59.1 Å². The fraction of sp³-hybridized carbons (Fsp3) is 0.263. The van der Waals surface area contributed by atoms with Gasteiger partial charge in [-0.15, -0.1) is 11.3 Å². The van der Waals surface area contributed by atoms with E-state index in [4.69, 9.17) is 0 Å². The number of thiophene rings is 1. The van der Waals surface area contributed by atoms with E-state index in [2.05, 4.69) is 22.8 Å². The van der Waals surface area contributed by atoms with Gasteiger partial charge < -0.3 is 15.5 Å². The summed E-state index contributed by atoms with van der Waals surface area (Å²) in [6.45, 7) is 1.17. The van der Waals surface area contributed by atoms with Gasteiger partial charge in [-0.05, 0) is 29.9 Å². The molecule has 0 fully saturated rings. The van der Waals surface area contributed by atoms with E-state index in [1.807, 2.05) is 40.6 Å². The summed E-state index contributed by atoms with van der Waals surface area (Å²) in [5, 5.41) is 7.65. The average Bonchev–Trinajstić information content (AvgIpc) is 3.24. The quantitative estimate of drug-likeness (QED) is 0.868. The van der Waals surface area contributed by atoms with Crippen LogP contribution in [0.3, 0.4) is 0 Å². The highest BCUT2D eigenvalue weighted by Crippen LogP contribution is 2.34. The normalized spacial score (nSPS) is 19.7. The molecule has 1 aromatic carbocycles. The fourth-order valence-corrected chi connectivity index (χ4v) is 4.18. The van der Waals surface area contributed by atoms with Crippen LogP contribution >= 0.6 is 11.3 Å². The fourth-order valence-electron chi connectivity index (χ4n) is 3.40. The number of rotatable bonds is 5. The molecule has 128 valence electrons. The van der Waals surface area contributed by atoms with E-state index < -0.39 is 0 Å². The zero-order valence-corrected chi connectivity index (χ0v) is 14.5. The highest BCUT2D eigenvalue weighted by Gasteiger charge is 2.40. The minimum absolute atomic E-state index is 0.0222. The average molecular weight is 353 g/mol. The van der Waals surface area contributed by atoms with Crippen molar-refractivity contribution < 1.29 is 9.59 Å². The Hall–Kier alpha value is -2.60. The lowest BCUT2D eigenvalue weighted by molar-refractivity contribution is -0.125. The topological polar surface area (TPSA) is 61.4 Å². The predicted octanol–water partition coefficient (Wildman–Crippen LogP) is 2.83. The largest absolute Gasteiger partial charge is 0.333 e. The van der Waals surface area contributed by atoms with Gasteiger partial charge in [-0.2, -0.15) is 0 Å². The van der Waals surface area contributed by atoms with E-state index in [1.54, 1.807) is 11.3 Å². The Morgan fingerprint density at radius 1 is 1.12 bits per heavy atom. The zero-order valence-electron chi connectivity index (χ0n) is 13.7. The molecule has 2 aliphatic heterocycles. The summed E-state index contributed by atoms with van der Waals surface area (Å²) >= 11 is 1.55. The molecule has 3 heterocycles. The lowest BCUT2D eigenvalue weighted by Crippen LogP contribution is -2.44. The highest BCUT2D eigenvalue weighted by atomic mass is 32.1. The predicted molar refractivity (Wildman–Crippen MR) is 97.1 cm³/mol. The number of carbonyl (C=O) groups excluding carboxylic acids is 2. The second-order valence-electron chi connectivity index (χ2n) is 6.25. The van der Waals surface area contributed by atoms with E-state index in [1.165, 1.54) is 5.56 Å². The summed E-state index contributed by atoms with van der Waals surface area (Å²) in [6.07, 6.45) is 1.84. The smallest absolute Gasteiger partial charge is 0.319 e. The maximum atomic E-state index is 12.9. The van der Waals surface area contributed by atoms with Crippen molar-refractivity contribution in [3.63, 3.8) is 0 Å². The van der Waals surface area contributed by atoms with Gasteiger partial charge in [0.15, 0.2) is 0 Å². The van der Waals surface area contributed by atoms with Gasteiger partial charge in [0.1, 0.15) is 0 Å². The van der Waals surface area contributed by atoms with Crippen LogP contribution in [0.2, 0.25) is 0 Å². The van der Waals surface area contributed by atoms with Gasteiger partial charge in [0.05, 0.1) is 23.9 Å². The first-order chi connectivity index (χ1) is 12.2. The molecule has 1 atom stereocenters. The van der Waals surface area contributed by atoms with Gasteiger partial charge in [-0.3, -0.25) is 4.79 Å². The maximum Gasteiger partial charge on any atom is 0.319 e. The molecule has 0 saturated carbocycles. The van der Waals surface area contributed by atoms with Crippen LogP contribution in [0.4, 0.5) is 4.79 Å². The number of aryl methyl sites for hydroxylation is 1. The molecule has 0 bridgehead atoms. The van der Waals surface area contributed by atoms with Crippen LogP contribution in [0, 0.1) is 0 Å². The van der Waals surface area contributed by atoms with E-state index >= 15 is 0 Å². The molecule has 0 aliphatic carbocycles. The third-order valence-corrected chi connectivity index (χ3v) is 5.52. The summed E-state index contributed by atoms with van der Waals surface area (Å²) in [6, 6.07) is 13.6. The van der Waals surface area contributed by atoms with Gasteiger partial charge in [0.2, 0.25) is 0 Å². The van der Waals surface area contributed by atoms with Crippen molar-refractivity contribution in [1.29, 1.82) is 0 Å². The number of nitrogens with one attached hydrogen (secondary N) is 2. The van der Waals surface area contributed by atoms with Gasteiger partial charge in [0.25, 0.3) is 5.91 Å². The minimum atomic E-state index is -0.338. The minimum Gasteiger partial charge on any atom is -0.333 e. The number of hydrogen-bond donors (Lipinski definition) is 2. The van der Waals surface area contributed by atoms with Crippen LogP contribution < -0.4 is 10.6 Å². The summed E-state index contributed by atoms with van der Waals surface area (Å²) in [5.74, 6) is 0.0222. The first-order valence-corrected chi connectivity index (χ1v) is 9.27. The zero-order chi connectivity index (χ0) is 17.2. The summed E-state index contributed by atoms with van der Waals surface area (Å²) < 4.78 is 0. The van der Waals surface area contributed by atoms with E-state index in [-0.39, 0.29) is 18.0 Å². The number of nitrogens with zero attached hydrogens (tertiary/aromatic N) is 1. The van der Waals surface area contributed by atoms with Gasteiger partial charge in [0, 0.05) is 11.4 Å². The molecule has 0 unspecified atom stereocenters. The summed E-state index contributed by atoms with van der Waals surface area (Å²) in [7, 11) is 0. The Bertz CT molecular complexity index is 814. The van der Waals surface area contributed by atoms with Crippen molar-refractivity contribution in [2.24, 2.45) is 0 Å². The molecule has 2 aliphatic rings. The molecule has 6 heteroatoms. The van der Waals surface area contributed by atoms with Crippen molar-refractivity contribution in [2.75, 3.05) is 13.1 Å². The monoisotopic (exact) mass is 353 g/mol. The van der Waals surface area contributed by atoms with Crippen molar-refractivity contribution in [3.05, 3.63) is 69.6 Å². The number of hydrogen-bond acceptors (Lipinski definition) is 3. The van der Waals surface area contributed by atoms with Crippen molar-refractivity contribution in [1.82, 2.24) is 15.5 Å². The van der Waals surface area contributed by atoms with Crippen molar-refractivity contribution >= 4 is 23.3 Å². The third-order valence-electron chi connectivity index (χ3n) is 4.58. The second kappa shape index (κ2) is 6.72. The Labute approximate surface area is 150 Å². The molecule has 4 rings (SSSR count). The number of urea groups is 1. The van der Waals surface area contributed by atoms with Crippen LogP contribution in [0.25, 0.3) is 0 Å². The second-order valence-corrected chi connectivity index (χ2v) is 7.23.